The van der Waals surface area contributed by atoms with Crippen LogP contribution in [-0.2, 0) is 21.4 Å². The molecule has 8 heteroatoms. The molecule has 0 bridgehead atoms. The number of rotatable bonds is 7. The van der Waals surface area contributed by atoms with Gasteiger partial charge in [-0.25, -0.2) is 4.79 Å². The lowest BCUT2D eigenvalue weighted by Crippen LogP contribution is -2.41. The second-order valence-corrected chi connectivity index (χ2v) is 7.87. The summed E-state index contributed by atoms with van der Waals surface area (Å²) in [5.74, 6) is 0.125. The van der Waals surface area contributed by atoms with Gasteiger partial charge in [0, 0.05) is 5.56 Å². The molecule has 0 aliphatic rings. The fourth-order valence-electron chi connectivity index (χ4n) is 2.34. The number of ether oxygens (including phenoxy) is 2. The van der Waals surface area contributed by atoms with E-state index in [2.05, 4.69) is 0 Å². The molecule has 0 amide bonds. The number of benzene rings is 2. The smallest absolute Gasteiger partial charge is 0.428 e. The van der Waals surface area contributed by atoms with Crippen molar-refractivity contribution in [2.75, 3.05) is 27.2 Å². The summed E-state index contributed by atoms with van der Waals surface area (Å²) in [6.45, 7) is 1.59. The first-order chi connectivity index (χ1) is 12.2. The van der Waals surface area contributed by atoms with Crippen LogP contribution in [0.3, 0.4) is 0 Å². The quantitative estimate of drug-likeness (QED) is 0.344. The van der Waals surface area contributed by atoms with Gasteiger partial charge in [0.15, 0.2) is 0 Å². The maximum absolute atomic E-state index is 11.7. The molecule has 140 valence electrons. The summed E-state index contributed by atoms with van der Waals surface area (Å²) in [6.07, 6.45) is -0.871. The number of hydrogen-bond donors (Lipinski definition) is 1. The molecule has 0 radical (unpaired) electrons. The van der Waals surface area contributed by atoms with Gasteiger partial charge in [0.25, 0.3) is 10.1 Å². The highest BCUT2D eigenvalue weighted by atomic mass is 32.2. The molecule has 7 nitrogen and oxygen atoms in total. The Morgan fingerprint density at radius 1 is 1.04 bits per heavy atom. The van der Waals surface area contributed by atoms with Crippen molar-refractivity contribution in [3.8, 4) is 5.75 Å². The van der Waals surface area contributed by atoms with E-state index in [1.54, 1.807) is 0 Å². The predicted octanol–water partition coefficient (Wildman–Crippen LogP) is 2.73. The monoisotopic (exact) mass is 380 g/mol. The van der Waals surface area contributed by atoms with Crippen molar-refractivity contribution >= 4 is 16.3 Å². The van der Waals surface area contributed by atoms with E-state index in [1.807, 2.05) is 44.4 Å². The van der Waals surface area contributed by atoms with Gasteiger partial charge in [0.1, 0.15) is 25.4 Å². The van der Waals surface area contributed by atoms with Crippen LogP contribution in [0, 0.1) is 0 Å². The Morgan fingerprint density at radius 2 is 1.65 bits per heavy atom. The maximum atomic E-state index is 11.7. The van der Waals surface area contributed by atoms with Gasteiger partial charge in [0.05, 0.1) is 19.0 Å². The zero-order chi connectivity index (χ0) is 19.2. The zero-order valence-corrected chi connectivity index (χ0v) is 15.5. The first-order valence-electron chi connectivity index (χ1n) is 7.94. The van der Waals surface area contributed by atoms with E-state index in [0.717, 1.165) is 18.7 Å². The van der Waals surface area contributed by atoms with Crippen LogP contribution in [0.2, 0.25) is 0 Å². The summed E-state index contributed by atoms with van der Waals surface area (Å²) in [5.41, 5.74) is 1.19. The van der Waals surface area contributed by atoms with Crippen molar-refractivity contribution in [1.82, 2.24) is 0 Å². The number of quaternary nitrogens is 1. The second kappa shape index (κ2) is 8.31. The molecule has 0 heterocycles. The van der Waals surface area contributed by atoms with Crippen LogP contribution in [0.4, 0.5) is 4.79 Å². The van der Waals surface area contributed by atoms with Crippen LogP contribution in [0.5, 0.6) is 5.75 Å². The highest BCUT2D eigenvalue weighted by Crippen LogP contribution is 2.16. The van der Waals surface area contributed by atoms with Gasteiger partial charge < -0.3 is 14.0 Å². The van der Waals surface area contributed by atoms with Gasteiger partial charge in [-0.15, -0.1) is 0 Å². The minimum Gasteiger partial charge on any atom is -0.428 e. The number of likely N-dealkylation sites (N-methyl/N-ethyl adjacent to an activating group) is 1. The summed E-state index contributed by atoms with van der Waals surface area (Å²) in [5, 5.41) is 0. The number of nitrogens with zero attached hydrogens (tertiary/aromatic N) is 1. The molecule has 0 saturated heterocycles. The summed E-state index contributed by atoms with van der Waals surface area (Å²) in [4.78, 5) is 11.4. The molecule has 0 spiro atoms. The molecular weight excluding hydrogens is 358 g/mol. The highest BCUT2D eigenvalue weighted by molar-refractivity contribution is 7.85. The van der Waals surface area contributed by atoms with Crippen molar-refractivity contribution in [2.45, 2.75) is 11.4 Å². The van der Waals surface area contributed by atoms with Gasteiger partial charge in [-0.1, -0.05) is 30.3 Å². The predicted molar refractivity (Wildman–Crippen MR) is 95.4 cm³/mol. The third kappa shape index (κ3) is 6.47. The normalized spacial score (nSPS) is 11.8. The molecule has 0 aliphatic heterocycles. The zero-order valence-electron chi connectivity index (χ0n) is 14.7. The van der Waals surface area contributed by atoms with Gasteiger partial charge in [-0.05, 0) is 24.3 Å². The van der Waals surface area contributed by atoms with Crippen LogP contribution < -0.4 is 4.74 Å². The van der Waals surface area contributed by atoms with Gasteiger partial charge in [-0.2, -0.15) is 8.42 Å². The van der Waals surface area contributed by atoms with Crippen LogP contribution >= 0.6 is 0 Å². The third-order valence-corrected chi connectivity index (χ3v) is 4.56. The lowest BCUT2D eigenvalue weighted by Gasteiger charge is -2.29. The Morgan fingerprint density at radius 3 is 2.23 bits per heavy atom. The molecule has 2 aromatic rings. The Bertz CT molecular complexity index is 832. The Kier molecular flexibility index (Phi) is 6.36. The van der Waals surface area contributed by atoms with E-state index < -0.39 is 16.3 Å². The minimum atomic E-state index is -4.28. The number of hydrogen-bond acceptors (Lipinski definition) is 5. The Balaban J connectivity index is 1.79. The van der Waals surface area contributed by atoms with Crippen molar-refractivity contribution in [3.05, 3.63) is 60.2 Å². The van der Waals surface area contributed by atoms with E-state index in [0.29, 0.717) is 11.0 Å². The fourth-order valence-corrected chi connectivity index (χ4v) is 2.82. The molecule has 0 aromatic heterocycles. The Labute approximate surface area is 153 Å². The molecule has 0 fully saturated rings. The van der Waals surface area contributed by atoms with E-state index in [-0.39, 0.29) is 17.3 Å². The molecule has 26 heavy (non-hydrogen) atoms. The van der Waals surface area contributed by atoms with Crippen LogP contribution in [0.25, 0.3) is 0 Å². The standard InChI is InChI=1S/C18H21NO6S/c1-19(2,14-15-6-4-3-5-7-15)12-13-24-18(20)25-16-8-10-17(11-9-16)26(21,22)23/h3-11H,12-14H2,1-2H3/p+1. The van der Waals surface area contributed by atoms with Gasteiger partial charge >= 0.3 is 6.16 Å². The van der Waals surface area contributed by atoms with Crippen molar-refractivity contribution in [1.29, 1.82) is 0 Å². The minimum absolute atomic E-state index is 0.125. The van der Waals surface area contributed by atoms with Crippen molar-refractivity contribution in [2.24, 2.45) is 0 Å². The van der Waals surface area contributed by atoms with Gasteiger partial charge in [0.2, 0.25) is 0 Å². The average molecular weight is 380 g/mol. The summed E-state index contributed by atoms with van der Waals surface area (Å²) in [6, 6.07) is 14.8. The van der Waals surface area contributed by atoms with Crippen molar-refractivity contribution < 1.29 is 31.7 Å². The first-order valence-corrected chi connectivity index (χ1v) is 9.38. The molecule has 1 N–H and O–H groups in total. The topological polar surface area (TPSA) is 89.9 Å². The van der Waals surface area contributed by atoms with Crippen LogP contribution in [-0.4, -0.2) is 50.9 Å². The largest absolute Gasteiger partial charge is 0.514 e. The number of carbonyl (C=O) groups excluding carboxylic acids is 1. The molecule has 0 unspecified atom stereocenters. The third-order valence-electron chi connectivity index (χ3n) is 3.69. The van der Waals surface area contributed by atoms with Crippen LogP contribution in [0.1, 0.15) is 5.56 Å². The molecule has 0 aliphatic carbocycles. The SMILES string of the molecule is C[N+](C)(CCOC(=O)Oc1ccc(S(=O)(=O)O)cc1)Cc1ccccc1. The van der Waals surface area contributed by atoms with E-state index in [4.69, 9.17) is 14.0 Å². The fraction of sp³-hybridized carbons (Fsp3) is 0.278. The molecule has 2 aromatic carbocycles. The lowest BCUT2D eigenvalue weighted by atomic mass is 10.2. The van der Waals surface area contributed by atoms with Crippen molar-refractivity contribution in [3.63, 3.8) is 0 Å². The lowest BCUT2D eigenvalue weighted by molar-refractivity contribution is -0.903. The van der Waals surface area contributed by atoms with E-state index >= 15 is 0 Å². The molecule has 2 rings (SSSR count). The summed E-state index contributed by atoms with van der Waals surface area (Å²) in [7, 11) is -0.203. The summed E-state index contributed by atoms with van der Waals surface area (Å²) >= 11 is 0. The number of carbonyl (C=O) groups is 1. The second-order valence-electron chi connectivity index (χ2n) is 6.45. The van der Waals surface area contributed by atoms with E-state index in [1.165, 1.54) is 17.7 Å². The molecule has 0 saturated carbocycles. The first kappa shape index (κ1) is 19.9. The van der Waals surface area contributed by atoms with Crippen LogP contribution in [0.15, 0.2) is 59.5 Å². The average Bonchev–Trinajstić information content (AvgIpc) is 2.54. The van der Waals surface area contributed by atoms with Gasteiger partial charge in [-0.3, -0.25) is 4.55 Å². The Hall–Kier alpha value is -2.42. The summed E-state index contributed by atoms with van der Waals surface area (Å²) < 4.78 is 41.5. The molecular formula is C18H22NO6S+. The maximum Gasteiger partial charge on any atom is 0.514 e. The highest BCUT2D eigenvalue weighted by Gasteiger charge is 2.17. The molecule has 0 atom stereocenters. The van der Waals surface area contributed by atoms with E-state index in [9.17, 15) is 13.2 Å².